The van der Waals surface area contributed by atoms with Crippen LogP contribution in [0.3, 0.4) is 0 Å². The van der Waals surface area contributed by atoms with Crippen LogP contribution in [0.5, 0.6) is 0 Å². The lowest BCUT2D eigenvalue weighted by Gasteiger charge is -2.01. The highest BCUT2D eigenvalue weighted by atomic mass is 127. The Morgan fingerprint density at radius 2 is 1.92 bits per heavy atom. The van der Waals surface area contributed by atoms with E-state index < -0.39 is 4.92 Å². The molecular weight excluding hydrogens is 443 g/mol. The van der Waals surface area contributed by atoms with E-state index in [2.05, 4.69) is 28.7 Å². The van der Waals surface area contributed by atoms with Crippen molar-refractivity contribution >= 4 is 39.9 Å². The molecule has 0 bridgehead atoms. The van der Waals surface area contributed by atoms with Crippen molar-refractivity contribution < 1.29 is 9.34 Å². The van der Waals surface area contributed by atoms with Gasteiger partial charge in [0.25, 0.3) is 5.69 Å². The number of nitro benzene ring substituents is 1. The molecule has 1 aromatic heterocycles. The second kappa shape index (κ2) is 7.54. The van der Waals surface area contributed by atoms with Crippen molar-refractivity contribution in [2.75, 3.05) is 0 Å². The number of rotatable bonds is 4. The van der Waals surface area contributed by atoms with E-state index in [1.807, 2.05) is 24.3 Å². The SMILES string of the molecule is Cc1ccc(-c2ccc(/C=C(/C#N)c3ccc(I)cc3)o2)c([N+](=O)[O-])c1. The van der Waals surface area contributed by atoms with Crippen molar-refractivity contribution in [2.24, 2.45) is 0 Å². The fourth-order valence-electron chi connectivity index (χ4n) is 2.53. The second-order valence-corrected chi connectivity index (χ2v) is 6.90. The minimum absolute atomic E-state index is 0.00646. The number of nitrogens with zero attached hydrogens (tertiary/aromatic N) is 2. The third-order valence-corrected chi connectivity index (χ3v) is 4.52. The van der Waals surface area contributed by atoms with Crippen LogP contribution >= 0.6 is 22.6 Å². The summed E-state index contributed by atoms with van der Waals surface area (Å²) in [5.41, 5.74) is 2.45. The van der Waals surface area contributed by atoms with Gasteiger partial charge in [0, 0.05) is 9.64 Å². The van der Waals surface area contributed by atoms with E-state index in [1.54, 1.807) is 37.3 Å². The van der Waals surface area contributed by atoms with Crippen molar-refractivity contribution in [3.8, 4) is 17.4 Å². The molecule has 3 aromatic rings. The molecule has 6 heteroatoms. The minimum Gasteiger partial charge on any atom is -0.456 e. The van der Waals surface area contributed by atoms with E-state index in [0.717, 1.165) is 14.7 Å². The maximum absolute atomic E-state index is 11.3. The predicted molar refractivity (Wildman–Crippen MR) is 108 cm³/mol. The largest absolute Gasteiger partial charge is 0.456 e. The van der Waals surface area contributed by atoms with Gasteiger partial charge < -0.3 is 4.42 Å². The summed E-state index contributed by atoms with van der Waals surface area (Å²) in [4.78, 5) is 10.9. The number of benzene rings is 2. The summed E-state index contributed by atoms with van der Waals surface area (Å²) in [6.07, 6.45) is 1.63. The Balaban J connectivity index is 1.99. The summed E-state index contributed by atoms with van der Waals surface area (Å²) in [5, 5.41) is 20.7. The smallest absolute Gasteiger partial charge is 0.280 e. The summed E-state index contributed by atoms with van der Waals surface area (Å²) in [5.74, 6) is 0.854. The maximum atomic E-state index is 11.3. The molecule has 0 saturated carbocycles. The standard InChI is InChI=1S/C20H13IN2O3/c1-13-2-8-18(19(10-13)23(24)25)20-9-7-17(26-20)11-15(12-22)14-3-5-16(21)6-4-14/h2-11H,1H3/b15-11-. The molecule has 0 saturated heterocycles. The molecule has 0 aliphatic carbocycles. The minimum atomic E-state index is -0.424. The van der Waals surface area contributed by atoms with E-state index in [4.69, 9.17) is 4.42 Å². The van der Waals surface area contributed by atoms with Gasteiger partial charge in [-0.1, -0.05) is 18.2 Å². The van der Waals surface area contributed by atoms with Crippen LogP contribution in [0.1, 0.15) is 16.9 Å². The topological polar surface area (TPSA) is 80.1 Å². The first-order valence-corrected chi connectivity index (χ1v) is 8.79. The molecule has 128 valence electrons. The number of allylic oxidation sites excluding steroid dienone is 1. The molecule has 0 atom stereocenters. The molecule has 0 aliphatic heterocycles. The number of halogens is 1. The van der Waals surface area contributed by atoms with Crippen molar-refractivity contribution in [2.45, 2.75) is 6.92 Å². The van der Waals surface area contributed by atoms with Crippen LogP contribution in [0.4, 0.5) is 5.69 Å². The molecule has 5 nitrogen and oxygen atoms in total. The predicted octanol–water partition coefficient (Wildman–Crippen LogP) is 5.83. The molecule has 0 amide bonds. The lowest BCUT2D eigenvalue weighted by atomic mass is 10.1. The van der Waals surface area contributed by atoms with Gasteiger partial charge in [0.15, 0.2) is 0 Å². The Kier molecular flexibility index (Phi) is 5.19. The van der Waals surface area contributed by atoms with Crippen LogP contribution in [0, 0.1) is 31.9 Å². The number of nitro groups is 1. The third kappa shape index (κ3) is 3.83. The fraction of sp³-hybridized carbons (Fsp3) is 0.0500. The highest BCUT2D eigenvalue weighted by molar-refractivity contribution is 14.1. The zero-order valence-corrected chi connectivity index (χ0v) is 15.9. The van der Waals surface area contributed by atoms with Crippen LogP contribution in [0.2, 0.25) is 0 Å². The van der Waals surface area contributed by atoms with E-state index in [-0.39, 0.29) is 5.69 Å². The van der Waals surface area contributed by atoms with Gasteiger partial charge in [0.1, 0.15) is 11.5 Å². The number of nitriles is 1. The molecule has 0 fully saturated rings. The third-order valence-electron chi connectivity index (χ3n) is 3.80. The van der Waals surface area contributed by atoms with E-state index in [1.165, 1.54) is 6.07 Å². The quantitative estimate of drug-likeness (QED) is 0.214. The highest BCUT2D eigenvalue weighted by Gasteiger charge is 2.18. The zero-order valence-electron chi connectivity index (χ0n) is 13.8. The van der Waals surface area contributed by atoms with Gasteiger partial charge in [-0.15, -0.1) is 0 Å². The van der Waals surface area contributed by atoms with E-state index in [0.29, 0.717) is 22.7 Å². The average Bonchev–Trinajstić information content (AvgIpc) is 3.09. The molecule has 0 unspecified atom stereocenters. The van der Waals surface area contributed by atoms with E-state index in [9.17, 15) is 15.4 Å². The first-order valence-electron chi connectivity index (χ1n) is 7.71. The lowest BCUT2D eigenvalue weighted by molar-refractivity contribution is -0.384. The van der Waals surface area contributed by atoms with Gasteiger partial charge >= 0.3 is 0 Å². The Morgan fingerprint density at radius 3 is 2.58 bits per heavy atom. The molecule has 0 spiro atoms. The number of hydrogen-bond acceptors (Lipinski definition) is 4. The Labute approximate surface area is 163 Å². The van der Waals surface area contributed by atoms with Crippen LogP contribution in [-0.2, 0) is 0 Å². The summed E-state index contributed by atoms with van der Waals surface area (Å²) >= 11 is 2.20. The normalized spacial score (nSPS) is 11.2. The van der Waals surface area contributed by atoms with Crippen molar-refractivity contribution in [3.63, 3.8) is 0 Å². The molecule has 1 heterocycles. The summed E-state index contributed by atoms with van der Waals surface area (Å²) < 4.78 is 6.82. The number of aryl methyl sites for hydroxylation is 1. The molecule has 26 heavy (non-hydrogen) atoms. The van der Waals surface area contributed by atoms with E-state index >= 15 is 0 Å². The highest BCUT2D eigenvalue weighted by Crippen LogP contribution is 2.32. The molecule has 0 aliphatic rings. The van der Waals surface area contributed by atoms with Gasteiger partial charge in [-0.25, -0.2) is 0 Å². The van der Waals surface area contributed by atoms with Crippen molar-refractivity contribution in [1.29, 1.82) is 5.26 Å². The van der Waals surface area contributed by atoms with Gasteiger partial charge in [-0.05, 0) is 77.0 Å². The molecule has 2 aromatic carbocycles. The van der Waals surface area contributed by atoms with Crippen molar-refractivity contribution in [3.05, 3.63) is 85.2 Å². The fourth-order valence-corrected chi connectivity index (χ4v) is 2.89. The van der Waals surface area contributed by atoms with Crippen molar-refractivity contribution in [1.82, 2.24) is 0 Å². The van der Waals surface area contributed by atoms with Crippen LogP contribution in [-0.4, -0.2) is 4.92 Å². The van der Waals surface area contributed by atoms with Gasteiger partial charge in [-0.2, -0.15) is 5.26 Å². The summed E-state index contributed by atoms with van der Waals surface area (Å²) in [7, 11) is 0. The van der Waals surface area contributed by atoms with Gasteiger partial charge in [0.05, 0.1) is 22.1 Å². The zero-order chi connectivity index (χ0) is 18.7. The molecule has 3 rings (SSSR count). The Hall–Kier alpha value is -2.92. The molecule has 0 radical (unpaired) electrons. The van der Waals surface area contributed by atoms with Crippen LogP contribution in [0.15, 0.2) is 59.0 Å². The number of hydrogen-bond donors (Lipinski definition) is 0. The molecule has 0 N–H and O–H groups in total. The maximum Gasteiger partial charge on any atom is 0.280 e. The first-order chi connectivity index (χ1) is 12.5. The molecular formula is C20H13IN2O3. The Morgan fingerprint density at radius 1 is 1.19 bits per heavy atom. The summed E-state index contributed by atoms with van der Waals surface area (Å²) in [6.45, 7) is 1.80. The van der Waals surface area contributed by atoms with Crippen LogP contribution in [0.25, 0.3) is 23.0 Å². The first kappa shape index (κ1) is 17.9. The van der Waals surface area contributed by atoms with Gasteiger partial charge in [-0.3, -0.25) is 10.1 Å². The Bertz CT molecular complexity index is 1040. The lowest BCUT2D eigenvalue weighted by Crippen LogP contribution is -1.92. The average molecular weight is 456 g/mol. The monoisotopic (exact) mass is 456 g/mol. The second-order valence-electron chi connectivity index (χ2n) is 5.66. The summed E-state index contributed by atoms with van der Waals surface area (Å²) in [6, 6.07) is 18.1. The van der Waals surface area contributed by atoms with Crippen LogP contribution < -0.4 is 0 Å². The van der Waals surface area contributed by atoms with Gasteiger partial charge in [0.2, 0.25) is 0 Å². The number of furan rings is 1.